The number of fused-ring (bicyclic) bond motifs is 1. The molecule has 0 aliphatic rings. The van der Waals surface area contributed by atoms with E-state index >= 15 is 0 Å². The molecule has 1 aromatic heterocycles. The number of hydrogen-bond donors (Lipinski definition) is 2. The molecule has 0 amide bonds. The molecular weight excluding hydrogens is 390 g/mol. The minimum atomic E-state index is 0.342. The van der Waals surface area contributed by atoms with E-state index in [0.29, 0.717) is 28.8 Å². The maximum Gasteiger partial charge on any atom is 0.151 e. The van der Waals surface area contributed by atoms with Gasteiger partial charge in [-0.15, -0.1) is 5.11 Å². The number of pyridine rings is 1. The number of hydrogen-bond acceptors (Lipinski definition) is 5. The van der Waals surface area contributed by atoms with E-state index in [1.165, 1.54) is 0 Å². The van der Waals surface area contributed by atoms with Crippen LogP contribution in [0.3, 0.4) is 0 Å². The maximum absolute atomic E-state index is 8.12. The lowest BCUT2D eigenvalue weighted by molar-refractivity contribution is 0.682. The lowest BCUT2D eigenvalue weighted by Crippen LogP contribution is -2.02. The van der Waals surface area contributed by atoms with Crippen LogP contribution in [-0.2, 0) is 0 Å². The predicted octanol–water partition coefficient (Wildman–Crippen LogP) is 6.41. The molecule has 0 spiro atoms. The highest BCUT2D eigenvalue weighted by Crippen LogP contribution is 2.33. The van der Waals surface area contributed by atoms with Gasteiger partial charge in [-0.1, -0.05) is 48.0 Å². The summed E-state index contributed by atoms with van der Waals surface area (Å²) in [5.41, 5.74) is 8.81. The van der Waals surface area contributed by atoms with Crippen molar-refractivity contribution in [3.8, 4) is 0 Å². The van der Waals surface area contributed by atoms with Gasteiger partial charge in [0.25, 0.3) is 0 Å². The van der Waals surface area contributed by atoms with E-state index in [4.69, 9.17) is 11.1 Å². The standard InChI is InChI=1S/C20H20BrN5/c1-12(2)9-18(22)13-4-7-16(8-5-13)25-26-19-17-10-15(21)6-3-14(17)11-24-20(19)23/h3-8,10-12,22H,9H2,1-2H3,(H2,23,24). The molecule has 3 rings (SSSR count). The number of benzene rings is 2. The van der Waals surface area contributed by atoms with Gasteiger partial charge >= 0.3 is 0 Å². The number of nitrogens with two attached hydrogens (primary N) is 1. The second-order valence-electron chi connectivity index (χ2n) is 6.55. The fraction of sp³-hybridized carbons (Fsp3) is 0.200. The molecule has 5 nitrogen and oxygen atoms in total. The number of azo groups is 1. The summed E-state index contributed by atoms with van der Waals surface area (Å²) in [4.78, 5) is 4.19. The van der Waals surface area contributed by atoms with Gasteiger partial charge in [-0.25, -0.2) is 4.98 Å². The molecule has 0 radical (unpaired) electrons. The normalized spacial score (nSPS) is 11.5. The van der Waals surface area contributed by atoms with Gasteiger partial charge in [0.2, 0.25) is 0 Å². The number of anilines is 1. The molecule has 3 N–H and O–H groups in total. The van der Waals surface area contributed by atoms with Crippen molar-refractivity contribution in [2.45, 2.75) is 20.3 Å². The van der Waals surface area contributed by atoms with Gasteiger partial charge in [-0.2, -0.15) is 5.11 Å². The van der Waals surface area contributed by atoms with Crippen LogP contribution in [0, 0.1) is 11.3 Å². The Hall–Kier alpha value is -2.60. The third-order valence-electron chi connectivity index (χ3n) is 3.95. The third-order valence-corrected chi connectivity index (χ3v) is 4.44. The first-order chi connectivity index (χ1) is 12.4. The van der Waals surface area contributed by atoms with Crippen molar-refractivity contribution in [3.05, 3.63) is 58.7 Å². The first-order valence-corrected chi connectivity index (χ1v) is 9.16. The van der Waals surface area contributed by atoms with Crippen LogP contribution in [0.2, 0.25) is 0 Å². The number of halogens is 1. The number of nitrogen functional groups attached to an aromatic ring is 1. The van der Waals surface area contributed by atoms with E-state index in [1.54, 1.807) is 6.20 Å². The lowest BCUT2D eigenvalue weighted by Gasteiger charge is -2.07. The van der Waals surface area contributed by atoms with Gasteiger partial charge in [0, 0.05) is 27.2 Å². The Balaban J connectivity index is 1.88. The van der Waals surface area contributed by atoms with Crippen molar-refractivity contribution in [3.63, 3.8) is 0 Å². The lowest BCUT2D eigenvalue weighted by atomic mass is 10.0. The van der Waals surface area contributed by atoms with Crippen LogP contribution in [0.4, 0.5) is 17.2 Å². The van der Waals surface area contributed by atoms with E-state index < -0.39 is 0 Å². The molecule has 3 aromatic rings. The zero-order valence-corrected chi connectivity index (χ0v) is 16.3. The van der Waals surface area contributed by atoms with Gasteiger partial charge in [0.15, 0.2) is 5.82 Å². The van der Waals surface area contributed by atoms with Gasteiger partial charge in [0.1, 0.15) is 5.69 Å². The summed E-state index contributed by atoms with van der Waals surface area (Å²) in [6.45, 7) is 4.22. The second-order valence-corrected chi connectivity index (χ2v) is 7.46. The molecular formula is C20H20BrN5. The van der Waals surface area contributed by atoms with Crippen molar-refractivity contribution >= 4 is 49.6 Å². The summed E-state index contributed by atoms with van der Waals surface area (Å²) in [6, 6.07) is 13.4. The third kappa shape index (κ3) is 4.14. The maximum atomic E-state index is 8.12. The highest BCUT2D eigenvalue weighted by atomic mass is 79.9. The molecule has 1 heterocycles. The van der Waals surface area contributed by atoms with Gasteiger partial charge in [0.05, 0.1) is 5.69 Å². The molecule has 0 saturated heterocycles. The van der Waals surface area contributed by atoms with Crippen LogP contribution in [0.15, 0.2) is 63.4 Å². The number of nitrogens with zero attached hydrogens (tertiary/aromatic N) is 3. The molecule has 0 bridgehead atoms. The zero-order chi connectivity index (χ0) is 18.7. The molecule has 0 saturated carbocycles. The monoisotopic (exact) mass is 409 g/mol. The second kappa shape index (κ2) is 7.74. The van der Waals surface area contributed by atoms with Crippen molar-refractivity contribution in [2.75, 3.05) is 5.73 Å². The Bertz CT molecular complexity index is 972. The first-order valence-electron chi connectivity index (χ1n) is 8.37. The van der Waals surface area contributed by atoms with Crippen LogP contribution < -0.4 is 5.73 Å². The Morgan fingerprint density at radius 3 is 2.58 bits per heavy atom. The summed E-state index contributed by atoms with van der Waals surface area (Å²) in [7, 11) is 0. The molecule has 26 heavy (non-hydrogen) atoms. The van der Waals surface area contributed by atoms with Gasteiger partial charge in [-0.3, -0.25) is 0 Å². The smallest absolute Gasteiger partial charge is 0.151 e. The van der Waals surface area contributed by atoms with E-state index in [1.807, 2.05) is 42.5 Å². The Kier molecular flexibility index (Phi) is 5.42. The predicted molar refractivity (Wildman–Crippen MR) is 111 cm³/mol. The Labute approximate surface area is 161 Å². The largest absolute Gasteiger partial charge is 0.382 e. The number of aromatic nitrogens is 1. The highest BCUT2D eigenvalue weighted by Gasteiger charge is 2.08. The van der Waals surface area contributed by atoms with Gasteiger partial charge in [-0.05, 0) is 42.2 Å². The van der Waals surface area contributed by atoms with Crippen LogP contribution in [0.5, 0.6) is 0 Å². The SMILES string of the molecule is CC(C)CC(=N)c1ccc(N=Nc2c(N)ncc3ccc(Br)cc23)cc1. The van der Waals surface area contributed by atoms with Crippen molar-refractivity contribution in [1.29, 1.82) is 5.41 Å². The van der Waals surface area contributed by atoms with E-state index in [0.717, 1.165) is 27.2 Å². The fourth-order valence-corrected chi connectivity index (χ4v) is 3.01. The van der Waals surface area contributed by atoms with Gasteiger partial charge < -0.3 is 11.1 Å². The Morgan fingerprint density at radius 2 is 1.88 bits per heavy atom. The average molecular weight is 410 g/mol. The minimum absolute atomic E-state index is 0.342. The van der Waals surface area contributed by atoms with Crippen LogP contribution in [-0.4, -0.2) is 10.7 Å². The van der Waals surface area contributed by atoms with Crippen molar-refractivity contribution in [2.24, 2.45) is 16.1 Å². The summed E-state index contributed by atoms with van der Waals surface area (Å²) < 4.78 is 0.945. The van der Waals surface area contributed by atoms with Crippen molar-refractivity contribution < 1.29 is 0 Å². The zero-order valence-electron chi connectivity index (χ0n) is 14.7. The van der Waals surface area contributed by atoms with Crippen molar-refractivity contribution in [1.82, 2.24) is 4.98 Å². The Morgan fingerprint density at radius 1 is 1.15 bits per heavy atom. The molecule has 6 heteroatoms. The number of rotatable bonds is 5. The summed E-state index contributed by atoms with van der Waals surface area (Å²) in [6.07, 6.45) is 2.49. The molecule has 2 aromatic carbocycles. The molecule has 132 valence electrons. The molecule has 0 fully saturated rings. The summed E-state index contributed by atoms with van der Waals surface area (Å²) in [5.74, 6) is 0.803. The van der Waals surface area contributed by atoms with E-state index in [2.05, 4.69) is 45.0 Å². The van der Waals surface area contributed by atoms with E-state index in [9.17, 15) is 0 Å². The van der Waals surface area contributed by atoms with Crippen LogP contribution >= 0.6 is 15.9 Å². The molecule has 0 atom stereocenters. The first kappa shape index (κ1) is 18.2. The fourth-order valence-electron chi connectivity index (χ4n) is 2.65. The molecule has 0 unspecified atom stereocenters. The minimum Gasteiger partial charge on any atom is -0.382 e. The van der Waals surface area contributed by atoms with Crippen LogP contribution in [0.25, 0.3) is 10.8 Å². The average Bonchev–Trinajstić information content (AvgIpc) is 2.60. The quantitative estimate of drug-likeness (QED) is 0.376. The molecule has 0 aliphatic carbocycles. The highest BCUT2D eigenvalue weighted by molar-refractivity contribution is 9.10. The topological polar surface area (TPSA) is 87.5 Å². The molecule has 0 aliphatic heterocycles. The van der Waals surface area contributed by atoms with Crippen LogP contribution in [0.1, 0.15) is 25.8 Å². The summed E-state index contributed by atoms with van der Waals surface area (Å²) >= 11 is 3.47. The summed E-state index contributed by atoms with van der Waals surface area (Å²) in [5, 5.41) is 18.6. The number of nitrogens with one attached hydrogen (secondary N) is 1. The van der Waals surface area contributed by atoms with E-state index in [-0.39, 0.29) is 0 Å².